The number of halogens is 2. The second-order valence-corrected chi connectivity index (χ2v) is 4.86. The predicted molar refractivity (Wildman–Crippen MR) is 85.5 cm³/mol. The highest BCUT2D eigenvalue weighted by molar-refractivity contribution is 6.08. The van der Waals surface area contributed by atoms with Crippen LogP contribution in [0.3, 0.4) is 0 Å². The average Bonchev–Trinajstić information content (AvgIpc) is 2.60. The SMILES string of the molecule is COc1cc(C(=O)N(C)c2ccccc2)c([N+](=O)[O-])cc1OC(F)F. The quantitative estimate of drug-likeness (QED) is 0.587. The van der Waals surface area contributed by atoms with Crippen LogP contribution in [0.15, 0.2) is 42.5 Å². The summed E-state index contributed by atoms with van der Waals surface area (Å²) in [7, 11) is 2.62. The first-order chi connectivity index (χ1) is 11.8. The van der Waals surface area contributed by atoms with Gasteiger partial charge in [0.15, 0.2) is 11.5 Å². The van der Waals surface area contributed by atoms with Gasteiger partial charge in [-0.05, 0) is 12.1 Å². The van der Waals surface area contributed by atoms with Gasteiger partial charge in [0, 0.05) is 18.8 Å². The number of methoxy groups -OCH3 is 1. The van der Waals surface area contributed by atoms with Gasteiger partial charge in [-0.2, -0.15) is 8.78 Å². The molecule has 0 aliphatic heterocycles. The molecule has 2 rings (SSSR count). The van der Waals surface area contributed by atoms with E-state index in [0.29, 0.717) is 5.69 Å². The van der Waals surface area contributed by atoms with Gasteiger partial charge in [0.05, 0.1) is 18.1 Å². The summed E-state index contributed by atoms with van der Waals surface area (Å²) < 4.78 is 34.0. The third kappa shape index (κ3) is 4.00. The Morgan fingerprint density at radius 1 is 1.20 bits per heavy atom. The van der Waals surface area contributed by atoms with Gasteiger partial charge < -0.3 is 14.4 Å². The van der Waals surface area contributed by atoms with E-state index in [-0.39, 0.29) is 11.3 Å². The molecule has 7 nitrogen and oxygen atoms in total. The van der Waals surface area contributed by atoms with Gasteiger partial charge in [-0.25, -0.2) is 0 Å². The number of alkyl halides is 2. The normalized spacial score (nSPS) is 10.4. The van der Waals surface area contributed by atoms with Gasteiger partial charge in [0.1, 0.15) is 5.56 Å². The number of benzene rings is 2. The molecule has 0 bridgehead atoms. The van der Waals surface area contributed by atoms with Crippen molar-refractivity contribution in [2.75, 3.05) is 19.1 Å². The fraction of sp³-hybridized carbons (Fsp3) is 0.188. The number of ether oxygens (including phenoxy) is 2. The first kappa shape index (κ1) is 18.1. The number of nitrogens with zero attached hydrogens (tertiary/aromatic N) is 2. The summed E-state index contributed by atoms with van der Waals surface area (Å²) in [5.41, 5.74) is -0.465. The summed E-state index contributed by atoms with van der Waals surface area (Å²) in [4.78, 5) is 24.3. The van der Waals surface area contributed by atoms with Crippen LogP contribution >= 0.6 is 0 Å². The molecule has 0 radical (unpaired) electrons. The van der Waals surface area contributed by atoms with Gasteiger partial charge >= 0.3 is 6.61 Å². The van der Waals surface area contributed by atoms with E-state index in [4.69, 9.17) is 4.74 Å². The van der Waals surface area contributed by atoms with Crippen LogP contribution in [-0.4, -0.2) is 31.6 Å². The number of hydrogen-bond donors (Lipinski definition) is 0. The Bertz CT molecular complexity index is 784. The minimum absolute atomic E-state index is 0.212. The lowest BCUT2D eigenvalue weighted by molar-refractivity contribution is -0.385. The van der Waals surface area contributed by atoms with Crippen LogP contribution in [0.2, 0.25) is 0 Å². The number of nitro benzene ring substituents is 1. The fourth-order valence-electron chi connectivity index (χ4n) is 2.17. The Labute approximate surface area is 141 Å². The highest BCUT2D eigenvalue weighted by Crippen LogP contribution is 2.36. The summed E-state index contributed by atoms with van der Waals surface area (Å²) >= 11 is 0. The van der Waals surface area contributed by atoms with Crippen LogP contribution < -0.4 is 14.4 Å². The molecule has 0 N–H and O–H groups in total. The molecule has 25 heavy (non-hydrogen) atoms. The van der Waals surface area contributed by atoms with E-state index in [1.807, 2.05) is 0 Å². The van der Waals surface area contributed by atoms with Crippen molar-refractivity contribution in [3.05, 3.63) is 58.1 Å². The first-order valence-corrected chi connectivity index (χ1v) is 6.99. The molecule has 132 valence electrons. The average molecular weight is 352 g/mol. The van der Waals surface area contributed by atoms with Crippen molar-refractivity contribution in [1.29, 1.82) is 0 Å². The lowest BCUT2D eigenvalue weighted by Crippen LogP contribution is -2.27. The van der Waals surface area contributed by atoms with Crippen molar-refractivity contribution in [3.8, 4) is 11.5 Å². The number of hydrogen-bond acceptors (Lipinski definition) is 5. The molecular weight excluding hydrogens is 338 g/mol. The molecule has 0 aromatic heterocycles. The van der Waals surface area contributed by atoms with Crippen LogP contribution in [0.4, 0.5) is 20.2 Å². The predicted octanol–water partition coefficient (Wildman–Crippen LogP) is 3.48. The molecule has 0 unspecified atom stereocenters. The molecule has 0 saturated heterocycles. The number of carbonyl (C=O) groups excluding carboxylic acids is 1. The molecule has 2 aromatic rings. The summed E-state index contributed by atoms with van der Waals surface area (Å²) in [5.74, 6) is -1.43. The highest BCUT2D eigenvalue weighted by Gasteiger charge is 2.28. The highest BCUT2D eigenvalue weighted by atomic mass is 19.3. The van der Waals surface area contributed by atoms with Gasteiger partial charge in [0.25, 0.3) is 11.6 Å². The summed E-state index contributed by atoms with van der Waals surface area (Å²) in [6.07, 6.45) is 0. The number of carbonyl (C=O) groups is 1. The van der Waals surface area contributed by atoms with Crippen molar-refractivity contribution in [1.82, 2.24) is 0 Å². The zero-order valence-electron chi connectivity index (χ0n) is 13.3. The minimum Gasteiger partial charge on any atom is -0.493 e. The van der Waals surface area contributed by atoms with E-state index in [0.717, 1.165) is 12.1 Å². The maximum atomic E-state index is 12.6. The number of rotatable bonds is 6. The second-order valence-electron chi connectivity index (χ2n) is 4.86. The topological polar surface area (TPSA) is 81.9 Å². The zero-order valence-corrected chi connectivity index (χ0v) is 13.3. The number of amides is 1. The Morgan fingerprint density at radius 2 is 1.84 bits per heavy atom. The summed E-state index contributed by atoms with van der Waals surface area (Å²) in [6, 6.07) is 10.2. The number of para-hydroxylation sites is 1. The first-order valence-electron chi connectivity index (χ1n) is 6.99. The smallest absolute Gasteiger partial charge is 0.387 e. The van der Waals surface area contributed by atoms with E-state index in [1.54, 1.807) is 30.3 Å². The van der Waals surface area contributed by atoms with E-state index >= 15 is 0 Å². The van der Waals surface area contributed by atoms with Crippen LogP contribution in [0.25, 0.3) is 0 Å². The molecule has 0 aliphatic carbocycles. The molecule has 2 aromatic carbocycles. The molecule has 0 spiro atoms. The number of anilines is 1. The zero-order chi connectivity index (χ0) is 18.6. The Morgan fingerprint density at radius 3 is 2.36 bits per heavy atom. The van der Waals surface area contributed by atoms with Crippen LogP contribution in [0.1, 0.15) is 10.4 Å². The molecule has 0 aliphatic rings. The van der Waals surface area contributed by atoms with Crippen LogP contribution in [0, 0.1) is 10.1 Å². The lowest BCUT2D eigenvalue weighted by atomic mass is 10.1. The van der Waals surface area contributed by atoms with E-state index in [2.05, 4.69) is 4.74 Å². The third-order valence-corrected chi connectivity index (χ3v) is 3.37. The second kappa shape index (κ2) is 7.56. The fourth-order valence-corrected chi connectivity index (χ4v) is 2.17. The van der Waals surface area contributed by atoms with Crippen LogP contribution in [-0.2, 0) is 0 Å². The summed E-state index contributed by atoms with van der Waals surface area (Å²) in [6.45, 7) is -3.19. The summed E-state index contributed by atoms with van der Waals surface area (Å²) in [5, 5.41) is 11.3. The maximum Gasteiger partial charge on any atom is 0.387 e. The monoisotopic (exact) mass is 352 g/mol. The largest absolute Gasteiger partial charge is 0.493 e. The third-order valence-electron chi connectivity index (χ3n) is 3.37. The van der Waals surface area contributed by atoms with Crippen molar-refractivity contribution in [2.24, 2.45) is 0 Å². The molecule has 0 saturated carbocycles. The van der Waals surface area contributed by atoms with Crippen molar-refractivity contribution >= 4 is 17.3 Å². The molecule has 0 fully saturated rings. The van der Waals surface area contributed by atoms with Gasteiger partial charge in [-0.3, -0.25) is 14.9 Å². The Hall–Kier alpha value is -3.23. The van der Waals surface area contributed by atoms with Crippen molar-refractivity contribution in [2.45, 2.75) is 6.61 Å². The Balaban J connectivity index is 2.51. The molecule has 1 amide bonds. The minimum atomic E-state index is -3.19. The van der Waals surface area contributed by atoms with Crippen molar-refractivity contribution < 1.29 is 28.0 Å². The maximum absolute atomic E-state index is 12.6. The standard InChI is InChI=1S/C16H14F2N2O5/c1-19(10-6-4-3-5-7-10)15(21)11-8-13(24-2)14(25-16(17)18)9-12(11)20(22)23/h3-9,16H,1-2H3. The molecular formula is C16H14F2N2O5. The van der Waals surface area contributed by atoms with Crippen molar-refractivity contribution in [3.63, 3.8) is 0 Å². The number of nitro groups is 1. The van der Waals surface area contributed by atoms with E-state index in [1.165, 1.54) is 19.1 Å². The van der Waals surface area contributed by atoms with E-state index < -0.39 is 28.9 Å². The van der Waals surface area contributed by atoms with Crippen LogP contribution in [0.5, 0.6) is 11.5 Å². The molecule has 9 heteroatoms. The van der Waals surface area contributed by atoms with Gasteiger partial charge in [-0.15, -0.1) is 0 Å². The molecule has 0 atom stereocenters. The lowest BCUT2D eigenvalue weighted by Gasteiger charge is -2.18. The van der Waals surface area contributed by atoms with Gasteiger partial charge in [-0.1, -0.05) is 18.2 Å². The Kier molecular flexibility index (Phi) is 5.48. The van der Waals surface area contributed by atoms with E-state index in [9.17, 15) is 23.7 Å². The van der Waals surface area contributed by atoms with Gasteiger partial charge in [0.2, 0.25) is 0 Å². The molecule has 0 heterocycles.